The number of rotatable bonds is 7. The molecular weight excluding hydrogens is 714 g/mol. The molecule has 3 aromatic rings. The van der Waals surface area contributed by atoms with E-state index in [2.05, 4.69) is 76.2 Å². The van der Waals surface area contributed by atoms with Crippen molar-refractivity contribution in [3.63, 3.8) is 0 Å². The molecule has 1 atom stereocenters. The summed E-state index contributed by atoms with van der Waals surface area (Å²) in [7, 11) is 0. The lowest BCUT2D eigenvalue weighted by atomic mass is 9.93. The molecule has 0 aliphatic carbocycles. The van der Waals surface area contributed by atoms with Gasteiger partial charge in [0, 0.05) is 0 Å². The van der Waals surface area contributed by atoms with E-state index < -0.39 is 12.0 Å². The van der Waals surface area contributed by atoms with Gasteiger partial charge in [-0.3, -0.25) is 9.36 Å². The van der Waals surface area contributed by atoms with Crippen molar-refractivity contribution in [3.05, 3.63) is 91.2 Å². The van der Waals surface area contributed by atoms with Crippen LogP contribution in [0.25, 0.3) is 6.08 Å². The highest BCUT2D eigenvalue weighted by molar-refractivity contribution is 14.1. The second-order valence-electron chi connectivity index (χ2n) is 8.87. The van der Waals surface area contributed by atoms with Gasteiger partial charge in [0.25, 0.3) is 5.56 Å². The number of fused-ring (bicyclic) bond motifs is 1. The number of thiazole rings is 1. The molecule has 2 aromatic carbocycles. The summed E-state index contributed by atoms with van der Waals surface area (Å²) >= 11 is 5.84. The van der Waals surface area contributed by atoms with Crippen LogP contribution in [0.1, 0.15) is 63.3 Å². The average Bonchev–Trinajstić information content (AvgIpc) is 3.15. The first kappa shape index (κ1) is 28.0. The Hall–Kier alpha value is -1.99. The number of carbonyl (C=O) groups excluding carboxylic acids is 1. The van der Waals surface area contributed by atoms with Crippen molar-refractivity contribution in [2.45, 2.75) is 46.6 Å². The quantitative estimate of drug-likeness (QED) is 0.236. The molecular formula is C28H28I2N2O4S. The molecule has 6 nitrogen and oxygen atoms in total. The predicted octanol–water partition coefficient (Wildman–Crippen LogP) is 5.53. The van der Waals surface area contributed by atoms with Crippen molar-refractivity contribution >= 4 is 68.6 Å². The van der Waals surface area contributed by atoms with Gasteiger partial charge < -0.3 is 9.47 Å². The Morgan fingerprint density at radius 3 is 2.35 bits per heavy atom. The third kappa shape index (κ3) is 5.73. The molecule has 9 heteroatoms. The average molecular weight is 742 g/mol. The highest BCUT2D eigenvalue weighted by atomic mass is 127. The summed E-state index contributed by atoms with van der Waals surface area (Å²) in [5.74, 6) is 0.769. The molecule has 0 saturated heterocycles. The van der Waals surface area contributed by atoms with E-state index >= 15 is 0 Å². The number of esters is 1. The molecule has 1 aliphatic rings. The van der Waals surface area contributed by atoms with Gasteiger partial charge in [0.15, 0.2) is 4.80 Å². The highest BCUT2D eigenvalue weighted by Crippen LogP contribution is 2.32. The second-order valence-corrected chi connectivity index (χ2v) is 12.2. The van der Waals surface area contributed by atoms with E-state index in [1.54, 1.807) is 18.4 Å². The molecule has 0 saturated carbocycles. The smallest absolute Gasteiger partial charge is 0.338 e. The van der Waals surface area contributed by atoms with Gasteiger partial charge in [0.2, 0.25) is 0 Å². The van der Waals surface area contributed by atoms with Crippen molar-refractivity contribution in [1.82, 2.24) is 4.57 Å². The van der Waals surface area contributed by atoms with Crippen LogP contribution in [0.3, 0.4) is 0 Å². The first-order valence-electron chi connectivity index (χ1n) is 12.1. The fraction of sp³-hybridized carbons (Fsp3) is 0.321. The number of hydrogen-bond donors (Lipinski definition) is 0. The molecule has 0 unspecified atom stereocenters. The van der Waals surface area contributed by atoms with E-state index in [-0.39, 0.29) is 12.2 Å². The van der Waals surface area contributed by atoms with Gasteiger partial charge in [0.05, 0.1) is 42.2 Å². The Morgan fingerprint density at radius 2 is 1.78 bits per heavy atom. The van der Waals surface area contributed by atoms with Crippen molar-refractivity contribution in [3.8, 4) is 5.75 Å². The summed E-state index contributed by atoms with van der Waals surface area (Å²) in [6, 6.07) is 11.5. The topological polar surface area (TPSA) is 69.9 Å². The van der Waals surface area contributed by atoms with Gasteiger partial charge in [-0.05, 0) is 107 Å². The summed E-state index contributed by atoms with van der Waals surface area (Å²) in [4.78, 5) is 32.1. The molecule has 0 spiro atoms. The molecule has 2 heterocycles. The fourth-order valence-electron chi connectivity index (χ4n) is 4.27. The summed E-state index contributed by atoms with van der Waals surface area (Å²) in [6.45, 7) is 10.6. The molecule has 4 rings (SSSR count). The Balaban J connectivity index is 1.91. The second kappa shape index (κ2) is 11.8. The van der Waals surface area contributed by atoms with E-state index in [0.29, 0.717) is 33.1 Å². The zero-order valence-corrected chi connectivity index (χ0v) is 26.4. The number of halogens is 2. The van der Waals surface area contributed by atoms with Crippen molar-refractivity contribution in [2.24, 2.45) is 4.99 Å². The molecule has 1 aromatic heterocycles. The van der Waals surface area contributed by atoms with Crippen LogP contribution < -0.4 is 19.6 Å². The molecule has 0 fully saturated rings. The molecule has 0 amide bonds. The zero-order chi connectivity index (χ0) is 26.9. The maximum atomic E-state index is 13.8. The molecule has 194 valence electrons. The summed E-state index contributed by atoms with van der Waals surface area (Å²) in [5, 5.41) is 0. The number of allylic oxidation sites excluding steroid dienone is 1. The summed E-state index contributed by atoms with van der Waals surface area (Å²) in [5.41, 5.74) is 3.71. The van der Waals surface area contributed by atoms with E-state index in [0.717, 1.165) is 24.0 Å². The maximum Gasteiger partial charge on any atom is 0.338 e. The number of nitrogens with zero attached hydrogens (tertiary/aromatic N) is 2. The number of ether oxygens (including phenoxy) is 2. The largest absolute Gasteiger partial charge is 0.492 e. The first-order chi connectivity index (χ1) is 17.7. The third-order valence-electron chi connectivity index (χ3n) is 6.04. The SMILES string of the molecule is CCOC(=O)C1=C(C)N=c2s/c(=C\c3cc(I)c(OCC)c(I)c3)c(=O)n2[C@@H]1c1ccc(C(C)C)cc1. The number of hydrogen-bond acceptors (Lipinski definition) is 6. The van der Waals surface area contributed by atoms with Crippen LogP contribution in [0.2, 0.25) is 0 Å². The van der Waals surface area contributed by atoms with Gasteiger partial charge in [-0.15, -0.1) is 0 Å². The lowest BCUT2D eigenvalue weighted by Gasteiger charge is -2.25. The van der Waals surface area contributed by atoms with Gasteiger partial charge >= 0.3 is 5.97 Å². The highest BCUT2D eigenvalue weighted by Gasteiger charge is 2.33. The lowest BCUT2D eigenvalue weighted by Crippen LogP contribution is -2.39. The van der Waals surface area contributed by atoms with Crippen LogP contribution in [-0.4, -0.2) is 23.8 Å². The molecule has 1 aliphatic heterocycles. The monoisotopic (exact) mass is 742 g/mol. The van der Waals surface area contributed by atoms with Crippen LogP contribution in [0.4, 0.5) is 0 Å². The summed E-state index contributed by atoms with van der Waals surface area (Å²) in [6.07, 6.45) is 1.88. The van der Waals surface area contributed by atoms with E-state index in [1.165, 1.54) is 16.9 Å². The lowest BCUT2D eigenvalue weighted by molar-refractivity contribution is -0.139. The number of aromatic nitrogens is 1. The zero-order valence-electron chi connectivity index (χ0n) is 21.3. The predicted molar refractivity (Wildman–Crippen MR) is 164 cm³/mol. The van der Waals surface area contributed by atoms with Crippen LogP contribution in [0.5, 0.6) is 5.75 Å². The van der Waals surface area contributed by atoms with Crippen LogP contribution >= 0.6 is 56.5 Å². The molecule has 37 heavy (non-hydrogen) atoms. The van der Waals surface area contributed by atoms with E-state index in [9.17, 15) is 9.59 Å². The molecule has 0 radical (unpaired) electrons. The fourth-order valence-corrected chi connectivity index (χ4v) is 7.44. The van der Waals surface area contributed by atoms with Gasteiger partial charge in [-0.1, -0.05) is 49.4 Å². The van der Waals surface area contributed by atoms with Gasteiger partial charge in [0.1, 0.15) is 5.75 Å². The minimum Gasteiger partial charge on any atom is -0.492 e. The van der Waals surface area contributed by atoms with E-state index in [1.807, 2.05) is 37.3 Å². The van der Waals surface area contributed by atoms with Crippen LogP contribution in [-0.2, 0) is 9.53 Å². The first-order valence-corrected chi connectivity index (χ1v) is 15.0. The maximum absolute atomic E-state index is 13.8. The van der Waals surface area contributed by atoms with Gasteiger partial charge in [-0.25, -0.2) is 9.79 Å². The molecule has 0 N–H and O–H groups in total. The Morgan fingerprint density at radius 1 is 1.14 bits per heavy atom. The standard InChI is InChI=1S/C28H28I2N2O4S/c1-6-35-25-20(29)12-17(13-21(25)30)14-22-26(33)32-24(19-10-8-18(9-11-19)15(3)4)23(27(34)36-7-2)16(5)31-28(32)37-22/h8-15,24H,6-7H2,1-5H3/b22-14-/t24-/m1/s1. The number of benzene rings is 2. The van der Waals surface area contributed by atoms with Crippen molar-refractivity contribution in [2.75, 3.05) is 13.2 Å². The van der Waals surface area contributed by atoms with Crippen LogP contribution in [0, 0.1) is 7.14 Å². The minimum atomic E-state index is -0.612. The Labute approximate surface area is 247 Å². The summed E-state index contributed by atoms with van der Waals surface area (Å²) < 4.78 is 15.3. The van der Waals surface area contributed by atoms with Crippen molar-refractivity contribution < 1.29 is 14.3 Å². The molecule has 0 bridgehead atoms. The van der Waals surface area contributed by atoms with Gasteiger partial charge in [-0.2, -0.15) is 0 Å². The van der Waals surface area contributed by atoms with E-state index in [4.69, 9.17) is 9.47 Å². The van der Waals surface area contributed by atoms with Crippen molar-refractivity contribution in [1.29, 1.82) is 0 Å². The van der Waals surface area contributed by atoms with Crippen LogP contribution in [0.15, 0.2) is 57.5 Å². The Bertz CT molecular complexity index is 1530. The normalized spacial score (nSPS) is 15.6. The Kier molecular flexibility index (Phi) is 8.95. The minimum absolute atomic E-state index is 0.185. The number of carbonyl (C=O) groups is 1. The third-order valence-corrected chi connectivity index (χ3v) is 8.63.